The van der Waals surface area contributed by atoms with Gasteiger partial charge >= 0.3 is 38.6 Å². The number of alkyl halides is 4. The highest BCUT2D eigenvalue weighted by atomic mass is 31.2. The summed E-state index contributed by atoms with van der Waals surface area (Å²) in [5.41, 5.74) is 3.54. The van der Waals surface area contributed by atoms with Gasteiger partial charge in [-0.3, -0.25) is 19.1 Å². The largest absolute Gasteiger partial charge is 0.469 e. The fraction of sp³-hybridized carbons (Fsp3) is 0.341. The minimum absolute atomic E-state index is 0. The van der Waals surface area contributed by atoms with Crippen LogP contribution in [0, 0.1) is 11.6 Å². The number of nitrogens with two attached hydrogens (primary N) is 1. The van der Waals surface area contributed by atoms with Crippen LogP contribution >= 0.6 is 15.4 Å². The second kappa shape index (κ2) is 42.8. The normalized spacial score (nSPS) is 15.5. The number of halogens is 6. The summed E-state index contributed by atoms with van der Waals surface area (Å²) in [6.45, 7) is 14.7. The lowest BCUT2D eigenvalue weighted by Gasteiger charge is -2.37. The number of pyridine rings is 2. The second-order valence-electron chi connectivity index (χ2n) is 30.1. The minimum atomic E-state index is -4.75. The van der Waals surface area contributed by atoms with E-state index in [0.29, 0.717) is 35.3 Å². The van der Waals surface area contributed by atoms with Crippen molar-refractivity contribution < 1.29 is 74.2 Å². The zero-order valence-electron chi connectivity index (χ0n) is 71.0. The standard InChI is InChI=1S/C46H48F3N10O5P.C38H40F3N10O6P.C2H6O.CH5N.CH4/c1-4-42(33(2)64-65(3,62)63-29-34-10-6-5-7-11-34)59-44(60)58(32-52-59)39-21-19-38(20-22-39)56-26-24-55(25-27-56)37-17-14-35(15-18-37)36-16-23-43(50-28-36)46(48,49)45(61,30-57-31-51-53-54-57)40-12-8-9-13-41(40)47;1-3-34(26(2)57-58(54,55)56)51-36(52)50(25-44-51)31-15-13-30(14-16-31)48-20-18-47(19-21-48)29-11-8-27(9-12-29)28-10-17-35(42-22-28)38(40,41)37(53,23-49-24-43-45-46-49)32-6-4-5-7-33(32)39;1-2-3;1-2;/h5-23,28,31-33,42,61H,4,24-27,29-30H2,1-3H3;4-17,22,24-26,34,53H,3,18-21,23H2,1-2H3,(H2,54,55,56);3H,2H2,1H3;2H2,1H3;1H4/t33-,42-,45?,65?;26-,34-,37?;;;/m00.../s1. The lowest BCUT2D eigenvalue weighted by Crippen LogP contribution is -2.48. The van der Waals surface area contributed by atoms with Crippen LogP contribution in [0.15, 0.2) is 247 Å². The zero-order chi connectivity index (χ0) is 91.7. The third kappa shape index (κ3) is 22.5. The molecule has 15 rings (SSSR count). The molecule has 7 aromatic carbocycles. The number of piperazine rings is 2. The molecule has 7 atom stereocenters. The van der Waals surface area contributed by atoms with Crippen LogP contribution in [-0.2, 0) is 65.4 Å². The molecular weight excluding hydrogens is 1720 g/mol. The van der Waals surface area contributed by atoms with Gasteiger partial charge < -0.3 is 59.5 Å². The first kappa shape index (κ1) is 97.4. The van der Waals surface area contributed by atoms with Crippen molar-refractivity contribution in [3.05, 3.63) is 299 Å². The first-order valence-corrected chi connectivity index (χ1v) is 44.5. The summed E-state index contributed by atoms with van der Waals surface area (Å²) >= 11 is 0. The van der Waals surface area contributed by atoms with Crippen LogP contribution in [0.2, 0.25) is 0 Å². The van der Waals surface area contributed by atoms with Crippen molar-refractivity contribution in [3.63, 3.8) is 0 Å². The predicted molar refractivity (Wildman–Crippen MR) is 474 cm³/mol. The zero-order valence-corrected chi connectivity index (χ0v) is 72.8. The van der Waals surface area contributed by atoms with E-state index >= 15 is 17.6 Å². The summed E-state index contributed by atoms with van der Waals surface area (Å²) < 4.78 is 143. The minimum Gasteiger partial charge on any atom is -0.397 e. The first-order valence-electron chi connectivity index (χ1n) is 41.0. The van der Waals surface area contributed by atoms with E-state index in [1.54, 1.807) is 20.8 Å². The highest BCUT2D eigenvalue weighted by molar-refractivity contribution is 7.53. The van der Waals surface area contributed by atoms with Crippen LogP contribution in [-0.4, -0.2) is 189 Å². The van der Waals surface area contributed by atoms with Gasteiger partial charge in [0, 0.05) is 123 Å². The molecule has 2 aliphatic heterocycles. The topological polar surface area (TPSA) is 395 Å². The summed E-state index contributed by atoms with van der Waals surface area (Å²) in [6.07, 6.45) is 6.86. The summed E-state index contributed by atoms with van der Waals surface area (Å²) in [7, 11) is -6.70. The highest BCUT2D eigenvalue weighted by Gasteiger charge is 2.59. The molecule has 129 heavy (non-hydrogen) atoms. The van der Waals surface area contributed by atoms with E-state index < -0.39 is 116 Å². The highest BCUT2D eigenvalue weighted by Crippen LogP contribution is 2.51. The number of aromatic nitrogens is 16. The maximum atomic E-state index is 16.2. The number of aliphatic hydroxyl groups excluding tert-OH is 1. The molecule has 0 saturated carbocycles. The van der Waals surface area contributed by atoms with Gasteiger partial charge in [0.25, 0.3) is 0 Å². The van der Waals surface area contributed by atoms with Crippen LogP contribution in [0.4, 0.5) is 49.1 Å². The Bertz CT molecular complexity index is 5940. The van der Waals surface area contributed by atoms with Gasteiger partial charge in [0.05, 0.1) is 55.4 Å². The van der Waals surface area contributed by atoms with Gasteiger partial charge in [0.1, 0.15) is 48.3 Å². The molecule has 0 radical (unpaired) electrons. The van der Waals surface area contributed by atoms with Crippen molar-refractivity contribution in [2.24, 2.45) is 5.73 Å². The Labute approximate surface area is 740 Å². The van der Waals surface area contributed by atoms with Gasteiger partial charge in [-0.1, -0.05) is 124 Å². The molecule has 0 bridgehead atoms. The second-order valence-corrected chi connectivity index (χ2v) is 33.4. The Morgan fingerprint density at radius 2 is 0.791 bits per heavy atom. The number of phosphoric ester groups is 1. The van der Waals surface area contributed by atoms with Gasteiger partial charge in [-0.15, -0.1) is 10.2 Å². The molecule has 2 saturated heterocycles. The summed E-state index contributed by atoms with van der Waals surface area (Å²) in [5, 5.41) is 60.1. The maximum absolute atomic E-state index is 16.2. The Kier molecular flexibility index (Phi) is 32.3. The molecule has 41 heteroatoms. The number of aliphatic hydroxyl groups is 3. The van der Waals surface area contributed by atoms with Gasteiger partial charge in [0.2, 0.25) is 0 Å². The molecule has 2 fully saturated rings. The molecule has 0 aliphatic carbocycles. The molecule has 0 spiro atoms. The molecule has 33 nitrogen and oxygen atoms in total. The van der Waals surface area contributed by atoms with Crippen molar-refractivity contribution in [2.45, 2.75) is 122 Å². The van der Waals surface area contributed by atoms with Crippen molar-refractivity contribution >= 4 is 38.2 Å². The monoisotopic (exact) mass is 1820 g/mol. The summed E-state index contributed by atoms with van der Waals surface area (Å²) in [4.78, 5) is 62.4. The molecule has 8 heterocycles. The third-order valence-electron chi connectivity index (χ3n) is 22.0. The number of hydrogen-bond donors (Lipinski definition) is 6. The van der Waals surface area contributed by atoms with E-state index in [2.05, 4.69) is 76.5 Å². The van der Waals surface area contributed by atoms with Crippen LogP contribution in [0.25, 0.3) is 33.6 Å². The quantitative estimate of drug-likeness (QED) is 0.0174. The third-order valence-corrected chi connectivity index (χ3v) is 23.9. The van der Waals surface area contributed by atoms with Crippen molar-refractivity contribution in [1.29, 1.82) is 0 Å². The van der Waals surface area contributed by atoms with Crippen LogP contribution in [0.3, 0.4) is 0 Å². The number of phosphoric acid groups is 1. The van der Waals surface area contributed by atoms with E-state index in [4.69, 9.17) is 18.7 Å². The van der Waals surface area contributed by atoms with Crippen molar-refractivity contribution in [2.75, 3.05) is 92.3 Å². The molecule has 6 aromatic heterocycles. The number of nitrogens with zero attached hydrogens (tertiary/aromatic N) is 20. The lowest BCUT2D eigenvalue weighted by atomic mass is 9.84. The SMILES string of the molecule is C.CCO.CC[C@@H]([C@H](C)OP(=O)(O)O)n1ncn(-c2ccc(N3CCN(c4ccc(-c5ccc(C(F)(F)C(O)(Cn6cnnn6)c6ccccc6F)nc5)cc4)CC3)cc2)c1=O.CC[C@@H]([C@H](C)OP(C)(=O)OCc1ccccc1)n1ncn(-c2ccc(N3CCN(c4ccc(-c5ccc(C(F)(F)C(O)(Cn6cnnn6)c6ccccc6F)nc5)cc4)CC3)cc2)c1=O.CN. The lowest BCUT2D eigenvalue weighted by molar-refractivity contribution is -0.207. The molecule has 7 N–H and O–H groups in total. The van der Waals surface area contributed by atoms with Gasteiger partial charge in [0.15, 0.2) is 11.2 Å². The van der Waals surface area contributed by atoms with E-state index in [9.17, 15) is 47.5 Å². The Balaban J connectivity index is 0.000000237. The molecule has 3 unspecified atom stereocenters. The number of tetrazole rings is 2. The van der Waals surface area contributed by atoms with Gasteiger partial charge in [-0.2, -0.15) is 27.8 Å². The Morgan fingerprint density at radius 3 is 1.11 bits per heavy atom. The Hall–Kier alpha value is -12.3. The van der Waals surface area contributed by atoms with E-state index in [1.165, 1.54) is 101 Å². The summed E-state index contributed by atoms with van der Waals surface area (Å²) in [5.74, 6) is -10.1. The van der Waals surface area contributed by atoms with E-state index in [0.717, 1.165) is 150 Å². The predicted octanol–water partition coefficient (Wildman–Crippen LogP) is 12.5. The molecule has 13 aromatic rings. The maximum Gasteiger partial charge on any atom is 0.469 e. The van der Waals surface area contributed by atoms with E-state index in [1.807, 2.05) is 134 Å². The van der Waals surface area contributed by atoms with Gasteiger partial charge in [-0.05, 0) is 175 Å². The Morgan fingerprint density at radius 1 is 0.465 bits per heavy atom. The van der Waals surface area contributed by atoms with Crippen molar-refractivity contribution in [1.82, 2.24) is 79.1 Å². The van der Waals surface area contributed by atoms with Crippen LogP contribution in [0.5, 0.6) is 0 Å². The number of hydrogen-bond acceptors (Lipinski definition) is 25. The number of anilines is 4. The fourth-order valence-electron chi connectivity index (χ4n) is 15.3. The molecule has 2 aliphatic rings. The molecule has 0 amide bonds. The number of benzene rings is 7. The average molecular weight is 1820 g/mol. The molecular formula is C88H103F6N21O12P2. The fourth-order valence-corrected chi connectivity index (χ4v) is 17.1. The first-order chi connectivity index (χ1) is 61.4. The van der Waals surface area contributed by atoms with Crippen LogP contribution in [0.1, 0.15) is 95.0 Å². The van der Waals surface area contributed by atoms with E-state index in [-0.39, 0.29) is 26.3 Å². The van der Waals surface area contributed by atoms with Gasteiger partial charge in [-0.25, -0.2) is 50.8 Å². The molecule has 684 valence electrons. The smallest absolute Gasteiger partial charge is 0.397 e. The van der Waals surface area contributed by atoms with Crippen molar-refractivity contribution in [3.8, 4) is 33.6 Å². The number of rotatable bonds is 31. The van der Waals surface area contributed by atoms with Crippen LogP contribution < -0.4 is 36.7 Å². The average Bonchev–Trinajstić information content (AvgIpc) is 1.64. The summed E-state index contributed by atoms with van der Waals surface area (Å²) in [6, 6.07) is 53.6.